The molecule has 2 aliphatic rings. The van der Waals surface area contributed by atoms with Gasteiger partial charge in [-0.3, -0.25) is 4.79 Å². The minimum absolute atomic E-state index is 0.239. The third-order valence-electron chi connectivity index (χ3n) is 4.06. The van der Waals surface area contributed by atoms with Gasteiger partial charge in [-0.25, -0.2) is 0 Å². The summed E-state index contributed by atoms with van der Waals surface area (Å²) in [6, 6.07) is 0. The number of carbonyl (C=O) groups excluding carboxylic acids is 1. The lowest BCUT2D eigenvalue weighted by atomic mass is 9.99. The molecule has 0 spiro atoms. The predicted molar refractivity (Wildman–Crippen MR) is 72.4 cm³/mol. The van der Waals surface area contributed by atoms with Crippen LogP contribution in [0.15, 0.2) is 0 Å². The number of carbonyl (C=O) groups is 1. The topological polar surface area (TPSA) is 83.7 Å². The van der Waals surface area contributed by atoms with Crippen LogP contribution < -0.4 is 5.73 Å². The molecule has 2 aliphatic heterocycles. The molecule has 2 rings (SSSR count). The van der Waals surface area contributed by atoms with Gasteiger partial charge in [0.25, 0.3) is 10.2 Å². The Morgan fingerprint density at radius 2 is 1.68 bits per heavy atom. The van der Waals surface area contributed by atoms with Crippen LogP contribution in [0.2, 0.25) is 0 Å². The van der Waals surface area contributed by atoms with E-state index in [1.165, 1.54) is 4.31 Å². The first kappa shape index (κ1) is 14.7. The highest BCUT2D eigenvalue weighted by Crippen LogP contribution is 2.24. The zero-order valence-corrected chi connectivity index (χ0v) is 12.2. The standard InChI is InChI=1S/C12H23N3O3S/c1-10-4-2-6-14(8-10)19(17,18)15-7-3-5-11(9-15)12(13)16/h10-11H,2-9H2,1H3,(H2,13,16)/t10-,11+/m1/s1. The second-order valence-corrected chi connectivity index (χ2v) is 7.64. The average Bonchev–Trinajstić information content (AvgIpc) is 2.39. The summed E-state index contributed by atoms with van der Waals surface area (Å²) < 4.78 is 28.1. The summed E-state index contributed by atoms with van der Waals surface area (Å²) in [7, 11) is -3.43. The molecule has 0 saturated carbocycles. The Morgan fingerprint density at radius 1 is 1.11 bits per heavy atom. The summed E-state index contributed by atoms with van der Waals surface area (Å²) in [4.78, 5) is 11.2. The lowest BCUT2D eigenvalue weighted by Gasteiger charge is -2.37. The minimum Gasteiger partial charge on any atom is -0.369 e. The van der Waals surface area contributed by atoms with Gasteiger partial charge in [-0.2, -0.15) is 17.0 Å². The van der Waals surface area contributed by atoms with Gasteiger partial charge in [-0.15, -0.1) is 0 Å². The normalized spacial score (nSPS) is 31.2. The van der Waals surface area contributed by atoms with Crippen molar-refractivity contribution < 1.29 is 13.2 Å². The Labute approximate surface area is 115 Å². The van der Waals surface area contributed by atoms with Crippen molar-refractivity contribution in [2.24, 2.45) is 17.6 Å². The summed E-state index contributed by atoms with van der Waals surface area (Å²) in [5.41, 5.74) is 5.30. The molecule has 2 atom stereocenters. The van der Waals surface area contributed by atoms with Crippen molar-refractivity contribution in [2.45, 2.75) is 32.6 Å². The molecule has 2 N–H and O–H groups in total. The quantitative estimate of drug-likeness (QED) is 0.803. The molecular formula is C12H23N3O3S. The first-order valence-corrected chi connectivity index (χ1v) is 8.35. The van der Waals surface area contributed by atoms with Crippen molar-refractivity contribution in [1.82, 2.24) is 8.61 Å². The predicted octanol–water partition coefficient (Wildman–Crippen LogP) is 0.160. The van der Waals surface area contributed by atoms with Gasteiger partial charge < -0.3 is 5.73 Å². The number of piperidine rings is 2. The summed E-state index contributed by atoms with van der Waals surface area (Å²) in [6.45, 7) is 3.98. The van der Waals surface area contributed by atoms with E-state index in [1.54, 1.807) is 4.31 Å². The fraction of sp³-hybridized carbons (Fsp3) is 0.917. The molecule has 0 radical (unpaired) electrons. The number of rotatable bonds is 3. The monoisotopic (exact) mass is 289 g/mol. The Kier molecular flexibility index (Phi) is 4.47. The van der Waals surface area contributed by atoms with E-state index in [1.807, 2.05) is 0 Å². The Balaban J connectivity index is 2.08. The molecule has 19 heavy (non-hydrogen) atoms. The van der Waals surface area contributed by atoms with Gasteiger partial charge in [0, 0.05) is 26.2 Å². The van der Waals surface area contributed by atoms with Gasteiger partial charge in [-0.05, 0) is 31.6 Å². The van der Waals surface area contributed by atoms with Crippen molar-refractivity contribution in [3.63, 3.8) is 0 Å². The second kappa shape index (κ2) is 5.76. The fourth-order valence-electron chi connectivity index (χ4n) is 2.90. The smallest absolute Gasteiger partial charge is 0.282 e. The first-order chi connectivity index (χ1) is 8.91. The van der Waals surface area contributed by atoms with Crippen molar-refractivity contribution in [1.29, 1.82) is 0 Å². The van der Waals surface area contributed by atoms with E-state index < -0.39 is 16.1 Å². The Hall–Kier alpha value is -0.660. The molecule has 6 nitrogen and oxygen atoms in total. The van der Waals surface area contributed by atoms with Crippen LogP contribution in [0, 0.1) is 11.8 Å². The van der Waals surface area contributed by atoms with E-state index in [4.69, 9.17) is 5.73 Å². The van der Waals surface area contributed by atoms with Crippen LogP contribution in [0.3, 0.4) is 0 Å². The number of nitrogens with two attached hydrogens (primary N) is 1. The van der Waals surface area contributed by atoms with E-state index in [2.05, 4.69) is 6.92 Å². The molecule has 1 amide bonds. The lowest BCUT2D eigenvalue weighted by Crippen LogP contribution is -2.52. The van der Waals surface area contributed by atoms with Crippen molar-refractivity contribution >= 4 is 16.1 Å². The van der Waals surface area contributed by atoms with Crippen molar-refractivity contribution in [2.75, 3.05) is 26.2 Å². The number of amides is 1. The van der Waals surface area contributed by atoms with Gasteiger partial charge in [0.15, 0.2) is 0 Å². The molecule has 2 fully saturated rings. The van der Waals surface area contributed by atoms with Gasteiger partial charge >= 0.3 is 0 Å². The molecule has 0 unspecified atom stereocenters. The largest absolute Gasteiger partial charge is 0.369 e. The third kappa shape index (κ3) is 3.27. The van der Waals surface area contributed by atoms with Crippen LogP contribution >= 0.6 is 0 Å². The fourth-order valence-corrected chi connectivity index (χ4v) is 4.76. The maximum atomic E-state index is 12.6. The SMILES string of the molecule is C[C@@H]1CCCN(S(=O)(=O)N2CCC[C@H](C(N)=O)C2)C1. The van der Waals surface area contributed by atoms with E-state index in [-0.39, 0.29) is 12.5 Å². The molecule has 2 heterocycles. The van der Waals surface area contributed by atoms with Gasteiger partial charge in [0.2, 0.25) is 5.91 Å². The van der Waals surface area contributed by atoms with Crippen LogP contribution in [0.1, 0.15) is 32.6 Å². The van der Waals surface area contributed by atoms with Crippen LogP contribution in [-0.2, 0) is 15.0 Å². The second-order valence-electron chi connectivity index (χ2n) is 5.71. The van der Waals surface area contributed by atoms with E-state index >= 15 is 0 Å². The highest BCUT2D eigenvalue weighted by Gasteiger charge is 2.36. The molecule has 0 aromatic carbocycles. The molecule has 7 heteroatoms. The Bertz CT molecular complexity index is 438. The first-order valence-electron chi connectivity index (χ1n) is 6.96. The zero-order valence-electron chi connectivity index (χ0n) is 11.4. The third-order valence-corrected chi connectivity index (χ3v) is 6.03. The molecular weight excluding hydrogens is 266 g/mol. The average molecular weight is 289 g/mol. The molecule has 110 valence electrons. The van der Waals surface area contributed by atoms with Gasteiger partial charge in [0.05, 0.1) is 5.92 Å². The highest BCUT2D eigenvalue weighted by atomic mass is 32.2. The molecule has 0 aliphatic carbocycles. The molecule has 0 aromatic heterocycles. The van der Waals surface area contributed by atoms with Crippen molar-refractivity contribution in [3.05, 3.63) is 0 Å². The maximum absolute atomic E-state index is 12.6. The van der Waals surface area contributed by atoms with Gasteiger partial charge in [-0.1, -0.05) is 6.92 Å². The number of primary amides is 1. The van der Waals surface area contributed by atoms with Crippen molar-refractivity contribution in [3.8, 4) is 0 Å². The summed E-state index contributed by atoms with van der Waals surface area (Å²) in [5, 5.41) is 0. The van der Waals surface area contributed by atoms with E-state index in [0.29, 0.717) is 38.4 Å². The lowest BCUT2D eigenvalue weighted by molar-refractivity contribution is -0.122. The number of hydrogen-bond donors (Lipinski definition) is 1. The van der Waals surface area contributed by atoms with Gasteiger partial charge in [0.1, 0.15) is 0 Å². The number of nitrogens with zero attached hydrogens (tertiary/aromatic N) is 2. The Morgan fingerprint density at radius 3 is 2.26 bits per heavy atom. The van der Waals surface area contributed by atoms with Crippen LogP contribution in [0.4, 0.5) is 0 Å². The molecule has 0 bridgehead atoms. The van der Waals surface area contributed by atoms with Crippen LogP contribution in [-0.4, -0.2) is 49.1 Å². The summed E-state index contributed by atoms with van der Waals surface area (Å²) in [6.07, 6.45) is 3.39. The zero-order chi connectivity index (χ0) is 14.0. The van der Waals surface area contributed by atoms with E-state index in [9.17, 15) is 13.2 Å². The van der Waals surface area contributed by atoms with E-state index in [0.717, 1.165) is 12.8 Å². The molecule has 2 saturated heterocycles. The molecule has 0 aromatic rings. The van der Waals surface area contributed by atoms with Crippen LogP contribution in [0.25, 0.3) is 0 Å². The maximum Gasteiger partial charge on any atom is 0.282 e. The minimum atomic E-state index is -3.43. The van der Waals surface area contributed by atoms with Crippen LogP contribution in [0.5, 0.6) is 0 Å². The summed E-state index contributed by atoms with van der Waals surface area (Å²) >= 11 is 0. The number of hydrogen-bond acceptors (Lipinski definition) is 3. The summed E-state index contributed by atoms with van der Waals surface area (Å²) in [5.74, 6) is -0.335. The highest BCUT2D eigenvalue weighted by molar-refractivity contribution is 7.86.